The zero-order valence-corrected chi connectivity index (χ0v) is 14.3. The Balaban J connectivity index is 2.84. The minimum absolute atomic E-state index is 0.0716. The van der Waals surface area contributed by atoms with Gasteiger partial charge in [-0.1, -0.05) is 58.0 Å². The van der Waals surface area contributed by atoms with E-state index in [2.05, 4.69) is 4.98 Å². The van der Waals surface area contributed by atoms with Crippen molar-refractivity contribution in [2.24, 2.45) is 0 Å². The summed E-state index contributed by atoms with van der Waals surface area (Å²) in [5.74, 6) is 0.269. The van der Waals surface area contributed by atoms with Crippen molar-refractivity contribution >= 4 is 58.0 Å². The summed E-state index contributed by atoms with van der Waals surface area (Å²) in [5.41, 5.74) is 1.36. The first-order valence-corrected chi connectivity index (χ1v) is 7.46. The van der Waals surface area contributed by atoms with Gasteiger partial charge in [0, 0.05) is 17.3 Å². The van der Waals surface area contributed by atoms with Crippen LogP contribution in [0.1, 0.15) is 5.56 Å². The molecule has 0 aliphatic rings. The first-order valence-electron chi connectivity index (χ1n) is 5.57. The number of aromatic nitrogens is 1. The monoisotopic (exact) mass is 385 g/mol. The van der Waals surface area contributed by atoms with Gasteiger partial charge in [-0.15, -0.1) is 0 Å². The van der Waals surface area contributed by atoms with Crippen LogP contribution in [0.2, 0.25) is 25.1 Å². The van der Waals surface area contributed by atoms with E-state index in [4.69, 9.17) is 62.7 Å². The molecule has 0 bridgehead atoms. The lowest BCUT2D eigenvalue weighted by molar-refractivity contribution is 0.281. The predicted molar refractivity (Wildman–Crippen MR) is 87.2 cm³/mol. The zero-order chi connectivity index (χ0) is 15.7. The molecule has 8 heteroatoms. The summed E-state index contributed by atoms with van der Waals surface area (Å²) in [6.07, 6.45) is 1.48. The highest BCUT2D eigenvalue weighted by Gasteiger charge is 2.23. The Morgan fingerprint density at radius 2 is 1.52 bits per heavy atom. The van der Waals surface area contributed by atoms with Crippen molar-refractivity contribution in [1.29, 1.82) is 0 Å². The highest BCUT2D eigenvalue weighted by molar-refractivity contribution is 6.56. The number of pyridine rings is 1. The fourth-order valence-corrected chi connectivity index (χ4v) is 3.11. The summed E-state index contributed by atoms with van der Waals surface area (Å²) in [6, 6.07) is 1.64. The van der Waals surface area contributed by atoms with Crippen molar-refractivity contribution in [3.63, 3.8) is 0 Å². The molecule has 2 aromatic rings. The molecular weight excluding hydrogens is 379 g/mol. The Morgan fingerprint density at radius 1 is 1.00 bits per heavy atom. The fourth-order valence-electron chi connectivity index (χ4n) is 1.77. The molecular formula is C13H8Cl5NO2. The van der Waals surface area contributed by atoms with Gasteiger partial charge in [0.2, 0.25) is 5.88 Å². The van der Waals surface area contributed by atoms with Crippen LogP contribution in [0.3, 0.4) is 0 Å². The summed E-state index contributed by atoms with van der Waals surface area (Å²) in [7, 11) is 1.45. The van der Waals surface area contributed by atoms with Crippen LogP contribution >= 0.6 is 58.0 Å². The van der Waals surface area contributed by atoms with Gasteiger partial charge in [0.15, 0.2) is 0 Å². The summed E-state index contributed by atoms with van der Waals surface area (Å²) >= 11 is 30.5. The number of rotatable bonds is 3. The Morgan fingerprint density at radius 3 is 2.00 bits per heavy atom. The Hall–Kier alpha value is -0.420. The SMILES string of the molecule is COc1ncc(CO)cc1-c1c(Cl)c(Cl)c(Cl)c(Cl)c1Cl. The maximum atomic E-state index is 9.24. The lowest BCUT2D eigenvalue weighted by Gasteiger charge is -2.15. The summed E-state index contributed by atoms with van der Waals surface area (Å²) in [5, 5.41) is 9.74. The Bertz CT molecular complexity index is 676. The summed E-state index contributed by atoms with van der Waals surface area (Å²) < 4.78 is 5.19. The van der Waals surface area contributed by atoms with Crippen LogP contribution < -0.4 is 4.74 Å². The molecule has 1 aromatic carbocycles. The normalized spacial score (nSPS) is 10.8. The van der Waals surface area contributed by atoms with Crippen LogP contribution in [0.4, 0.5) is 0 Å². The van der Waals surface area contributed by atoms with Crippen molar-refractivity contribution < 1.29 is 9.84 Å². The minimum Gasteiger partial charge on any atom is -0.481 e. The van der Waals surface area contributed by atoms with Crippen LogP contribution in [0.25, 0.3) is 11.1 Å². The van der Waals surface area contributed by atoms with Crippen molar-refractivity contribution in [2.75, 3.05) is 7.11 Å². The van der Waals surface area contributed by atoms with Crippen LogP contribution in [0, 0.1) is 0 Å². The molecule has 1 N–H and O–H groups in total. The molecule has 1 aromatic heterocycles. The third-order valence-electron chi connectivity index (χ3n) is 2.76. The molecule has 112 valence electrons. The molecule has 0 atom stereocenters. The van der Waals surface area contributed by atoms with E-state index < -0.39 is 0 Å². The number of nitrogens with zero attached hydrogens (tertiary/aromatic N) is 1. The second-order valence-corrected chi connectivity index (χ2v) is 5.89. The van der Waals surface area contributed by atoms with Gasteiger partial charge >= 0.3 is 0 Å². The van der Waals surface area contributed by atoms with Gasteiger partial charge < -0.3 is 9.84 Å². The smallest absolute Gasteiger partial charge is 0.221 e. The fraction of sp³-hybridized carbons (Fsp3) is 0.154. The quantitative estimate of drug-likeness (QED) is 0.557. The first kappa shape index (κ1) is 16.9. The molecule has 0 unspecified atom stereocenters. The second kappa shape index (κ2) is 6.78. The number of hydrogen-bond acceptors (Lipinski definition) is 3. The number of hydrogen-bond donors (Lipinski definition) is 1. The number of aliphatic hydroxyl groups is 1. The van der Waals surface area contributed by atoms with Gasteiger partial charge in [-0.25, -0.2) is 4.98 Å². The van der Waals surface area contributed by atoms with Crippen molar-refractivity contribution in [3.8, 4) is 17.0 Å². The van der Waals surface area contributed by atoms with E-state index in [1.165, 1.54) is 13.3 Å². The largest absolute Gasteiger partial charge is 0.481 e. The first-order chi connectivity index (χ1) is 9.92. The molecule has 0 saturated carbocycles. The third-order valence-corrected chi connectivity index (χ3v) is 5.04. The van der Waals surface area contributed by atoms with E-state index in [0.29, 0.717) is 16.7 Å². The topological polar surface area (TPSA) is 42.4 Å². The van der Waals surface area contributed by atoms with Crippen LogP contribution in [0.15, 0.2) is 12.3 Å². The lowest BCUT2D eigenvalue weighted by Crippen LogP contribution is -1.96. The van der Waals surface area contributed by atoms with Crippen molar-refractivity contribution in [2.45, 2.75) is 6.61 Å². The van der Waals surface area contributed by atoms with Crippen LogP contribution in [-0.4, -0.2) is 17.2 Å². The second-order valence-electron chi connectivity index (χ2n) is 4.00. The lowest BCUT2D eigenvalue weighted by atomic mass is 10.0. The zero-order valence-electron chi connectivity index (χ0n) is 10.6. The molecule has 0 radical (unpaired) electrons. The third kappa shape index (κ3) is 3.04. The molecule has 0 fully saturated rings. The number of benzene rings is 1. The Kier molecular flexibility index (Phi) is 5.47. The molecule has 1 heterocycles. The molecule has 21 heavy (non-hydrogen) atoms. The van der Waals surface area contributed by atoms with Crippen LogP contribution in [-0.2, 0) is 6.61 Å². The van der Waals surface area contributed by atoms with Crippen molar-refractivity contribution in [1.82, 2.24) is 4.98 Å². The van der Waals surface area contributed by atoms with E-state index in [1.54, 1.807) is 6.07 Å². The molecule has 3 nitrogen and oxygen atoms in total. The molecule has 0 amide bonds. The van der Waals surface area contributed by atoms with E-state index in [0.717, 1.165) is 0 Å². The van der Waals surface area contributed by atoms with Gasteiger partial charge in [0.05, 0.1) is 38.8 Å². The number of methoxy groups -OCH3 is 1. The summed E-state index contributed by atoms with van der Waals surface area (Å²) in [4.78, 5) is 4.09. The maximum Gasteiger partial charge on any atom is 0.221 e. The Labute approximate surface area is 146 Å². The van der Waals surface area contributed by atoms with Crippen LogP contribution in [0.5, 0.6) is 5.88 Å². The van der Waals surface area contributed by atoms with E-state index >= 15 is 0 Å². The molecule has 0 aliphatic carbocycles. The van der Waals surface area contributed by atoms with E-state index in [-0.39, 0.29) is 37.6 Å². The highest BCUT2D eigenvalue weighted by Crippen LogP contribution is 2.49. The minimum atomic E-state index is -0.200. The molecule has 0 aliphatic heterocycles. The maximum absolute atomic E-state index is 9.24. The average molecular weight is 387 g/mol. The number of ether oxygens (including phenoxy) is 1. The molecule has 0 saturated heterocycles. The molecule has 0 spiro atoms. The van der Waals surface area contributed by atoms with Gasteiger partial charge in [-0.05, 0) is 11.6 Å². The standard InChI is InChI=1S/C13H8Cl5NO2/c1-21-13-6(2-5(4-20)3-19-13)7-8(14)10(16)12(18)11(17)9(7)15/h2-3,20H,4H2,1H3. The average Bonchev–Trinajstić information content (AvgIpc) is 2.51. The van der Waals surface area contributed by atoms with E-state index in [9.17, 15) is 5.11 Å². The van der Waals surface area contributed by atoms with Gasteiger partial charge in [0.25, 0.3) is 0 Å². The number of halogens is 5. The summed E-state index contributed by atoms with van der Waals surface area (Å²) in [6.45, 7) is -0.200. The van der Waals surface area contributed by atoms with Gasteiger partial charge in [0.1, 0.15) is 0 Å². The number of aliphatic hydroxyl groups excluding tert-OH is 1. The van der Waals surface area contributed by atoms with Crippen molar-refractivity contribution in [3.05, 3.63) is 42.9 Å². The van der Waals surface area contributed by atoms with E-state index in [1.807, 2.05) is 0 Å². The molecule has 2 rings (SSSR count). The van der Waals surface area contributed by atoms with Gasteiger partial charge in [-0.2, -0.15) is 0 Å². The van der Waals surface area contributed by atoms with Gasteiger partial charge in [-0.3, -0.25) is 0 Å². The highest BCUT2D eigenvalue weighted by atomic mass is 35.5. The predicted octanol–water partition coefficient (Wildman–Crippen LogP) is 5.52.